The molecule has 0 unspecified atom stereocenters. The third-order valence-corrected chi connectivity index (χ3v) is 7.07. The fraction of sp³-hybridized carbons (Fsp3) is 0.174. The molecule has 1 heterocycles. The topological polar surface area (TPSA) is 57.7 Å². The second-order valence-electron chi connectivity index (χ2n) is 7.21. The van der Waals surface area contributed by atoms with Gasteiger partial charge in [0, 0.05) is 13.5 Å². The number of rotatable bonds is 4. The Morgan fingerprint density at radius 2 is 1.41 bits per heavy atom. The maximum absolute atomic E-state index is 13.7. The van der Waals surface area contributed by atoms with E-state index in [-0.39, 0.29) is 10.8 Å². The van der Waals surface area contributed by atoms with E-state index in [9.17, 15) is 13.2 Å². The van der Waals surface area contributed by atoms with Gasteiger partial charge in [-0.1, -0.05) is 60.2 Å². The largest absolute Gasteiger partial charge is 0.312 e. The van der Waals surface area contributed by atoms with Crippen LogP contribution < -0.4 is 9.21 Å². The van der Waals surface area contributed by atoms with Crippen LogP contribution in [0.25, 0.3) is 0 Å². The number of sulfonamides is 1. The Balaban J connectivity index is 1.88. The van der Waals surface area contributed by atoms with E-state index in [1.165, 1.54) is 4.31 Å². The zero-order valence-corrected chi connectivity index (χ0v) is 17.1. The molecule has 29 heavy (non-hydrogen) atoms. The lowest BCUT2D eigenvalue weighted by Gasteiger charge is -2.40. The zero-order valence-electron chi connectivity index (χ0n) is 16.3. The number of hydrogen-bond acceptors (Lipinski definition) is 3. The van der Waals surface area contributed by atoms with Gasteiger partial charge in [-0.05, 0) is 36.8 Å². The number of hydrogen-bond donors (Lipinski definition) is 0. The van der Waals surface area contributed by atoms with Crippen LogP contribution in [0.2, 0.25) is 0 Å². The van der Waals surface area contributed by atoms with Crippen molar-refractivity contribution in [3.63, 3.8) is 0 Å². The Kier molecular flexibility index (Phi) is 4.88. The van der Waals surface area contributed by atoms with Gasteiger partial charge in [0.15, 0.2) is 0 Å². The summed E-state index contributed by atoms with van der Waals surface area (Å²) in [4.78, 5) is 15.0. The zero-order chi connectivity index (χ0) is 20.6. The molecule has 1 aliphatic heterocycles. The summed E-state index contributed by atoms with van der Waals surface area (Å²) in [6.07, 6.45) is 0.295. The predicted molar refractivity (Wildman–Crippen MR) is 115 cm³/mol. The highest BCUT2D eigenvalue weighted by molar-refractivity contribution is 7.93. The van der Waals surface area contributed by atoms with Crippen molar-refractivity contribution in [1.82, 2.24) is 0 Å². The second kappa shape index (κ2) is 7.37. The van der Waals surface area contributed by atoms with Crippen molar-refractivity contribution in [2.75, 3.05) is 16.3 Å². The van der Waals surface area contributed by atoms with Crippen molar-refractivity contribution >= 4 is 27.3 Å². The van der Waals surface area contributed by atoms with Crippen LogP contribution >= 0.6 is 0 Å². The molecule has 3 aromatic carbocycles. The number of para-hydroxylation sites is 2. The van der Waals surface area contributed by atoms with E-state index in [2.05, 4.69) is 0 Å². The molecule has 1 atom stereocenters. The molecule has 5 nitrogen and oxygen atoms in total. The Labute approximate surface area is 171 Å². The Morgan fingerprint density at radius 1 is 0.828 bits per heavy atom. The van der Waals surface area contributed by atoms with Gasteiger partial charge in [-0.25, -0.2) is 8.42 Å². The number of fused-ring (bicyclic) bond motifs is 1. The van der Waals surface area contributed by atoms with Crippen LogP contribution in [0, 0.1) is 6.92 Å². The monoisotopic (exact) mass is 406 g/mol. The van der Waals surface area contributed by atoms with E-state index in [1.807, 2.05) is 37.3 Å². The number of carbonyl (C=O) groups is 1. The summed E-state index contributed by atoms with van der Waals surface area (Å²) in [5.74, 6) is -0.247. The molecule has 148 valence electrons. The Hall–Kier alpha value is -3.12. The average Bonchev–Trinajstić information content (AvgIpc) is 2.73. The standard InChI is InChI=1S/C23H22N2O3S/c1-17-12-14-19(15-13-17)29(27,28)25-21-11-7-6-10-20(21)24(2)23(26)22(25)16-18-8-4-3-5-9-18/h3-15,22H,16H2,1-2H3/t22-/m0/s1. The van der Waals surface area contributed by atoms with Gasteiger partial charge in [-0.2, -0.15) is 0 Å². The van der Waals surface area contributed by atoms with Crippen molar-refractivity contribution in [2.45, 2.75) is 24.3 Å². The highest BCUT2D eigenvalue weighted by Crippen LogP contribution is 2.39. The van der Waals surface area contributed by atoms with Crippen LogP contribution in [0.4, 0.5) is 11.4 Å². The Bertz CT molecular complexity index is 1140. The maximum atomic E-state index is 13.7. The van der Waals surface area contributed by atoms with Crippen LogP contribution in [-0.2, 0) is 21.2 Å². The SMILES string of the molecule is Cc1ccc(S(=O)(=O)N2c3ccccc3N(C)C(=O)[C@@H]2Cc2ccccc2)cc1. The molecule has 0 radical (unpaired) electrons. The number of amides is 1. The lowest BCUT2D eigenvalue weighted by atomic mass is 10.0. The molecular formula is C23H22N2O3S. The summed E-state index contributed by atoms with van der Waals surface area (Å²) in [6.45, 7) is 1.91. The van der Waals surface area contributed by atoms with Crippen molar-refractivity contribution in [3.8, 4) is 0 Å². The molecule has 0 spiro atoms. The van der Waals surface area contributed by atoms with E-state index in [0.29, 0.717) is 17.8 Å². The van der Waals surface area contributed by atoms with Gasteiger partial charge < -0.3 is 4.90 Å². The van der Waals surface area contributed by atoms with Crippen LogP contribution in [0.5, 0.6) is 0 Å². The van der Waals surface area contributed by atoms with Gasteiger partial charge in [0.2, 0.25) is 0 Å². The smallest absolute Gasteiger partial charge is 0.265 e. The molecule has 0 aromatic heterocycles. The number of carbonyl (C=O) groups excluding carboxylic acids is 1. The molecular weight excluding hydrogens is 384 g/mol. The first-order chi connectivity index (χ1) is 13.9. The molecule has 1 amide bonds. The fourth-order valence-corrected chi connectivity index (χ4v) is 5.29. The van der Waals surface area contributed by atoms with Gasteiger partial charge in [0.25, 0.3) is 15.9 Å². The fourth-order valence-electron chi connectivity index (χ4n) is 3.67. The average molecular weight is 407 g/mol. The third kappa shape index (κ3) is 3.40. The molecule has 0 fully saturated rings. The van der Waals surface area contributed by atoms with Crippen molar-refractivity contribution in [3.05, 3.63) is 90.0 Å². The van der Waals surface area contributed by atoms with Crippen molar-refractivity contribution in [2.24, 2.45) is 0 Å². The molecule has 0 aliphatic carbocycles. The minimum absolute atomic E-state index is 0.174. The summed E-state index contributed by atoms with van der Waals surface area (Å²) in [6, 6.07) is 22.5. The number of nitrogens with zero attached hydrogens (tertiary/aromatic N) is 2. The van der Waals surface area contributed by atoms with Crippen LogP contribution in [0.3, 0.4) is 0 Å². The minimum Gasteiger partial charge on any atom is -0.312 e. The first-order valence-corrected chi connectivity index (χ1v) is 10.9. The summed E-state index contributed by atoms with van der Waals surface area (Å²) in [7, 11) is -2.24. The summed E-state index contributed by atoms with van der Waals surface area (Å²) in [5.41, 5.74) is 2.97. The van der Waals surface area contributed by atoms with Gasteiger partial charge in [0.05, 0.1) is 16.3 Å². The number of benzene rings is 3. The van der Waals surface area contributed by atoms with E-state index >= 15 is 0 Å². The normalized spacial score (nSPS) is 16.6. The molecule has 6 heteroatoms. The molecule has 0 saturated carbocycles. The quantitative estimate of drug-likeness (QED) is 0.663. The van der Waals surface area contributed by atoms with Crippen LogP contribution in [0.1, 0.15) is 11.1 Å². The Morgan fingerprint density at radius 3 is 2.07 bits per heavy atom. The van der Waals surface area contributed by atoms with E-state index in [1.54, 1.807) is 60.5 Å². The lowest BCUT2D eigenvalue weighted by Crippen LogP contribution is -2.55. The third-order valence-electron chi connectivity index (χ3n) is 5.23. The van der Waals surface area contributed by atoms with Crippen LogP contribution in [0.15, 0.2) is 83.8 Å². The first-order valence-electron chi connectivity index (χ1n) is 9.41. The molecule has 0 bridgehead atoms. The number of likely N-dealkylation sites (N-methyl/N-ethyl adjacent to an activating group) is 1. The van der Waals surface area contributed by atoms with Gasteiger partial charge >= 0.3 is 0 Å². The molecule has 3 aromatic rings. The predicted octanol–water partition coefficient (Wildman–Crippen LogP) is 3.78. The highest BCUT2D eigenvalue weighted by Gasteiger charge is 2.43. The van der Waals surface area contributed by atoms with E-state index < -0.39 is 16.1 Å². The first kappa shape index (κ1) is 19.2. The molecule has 0 N–H and O–H groups in total. The van der Waals surface area contributed by atoms with Crippen molar-refractivity contribution in [1.29, 1.82) is 0 Å². The lowest BCUT2D eigenvalue weighted by molar-refractivity contribution is -0.119. The summed E-state index contributed by atoms with van der Waals surface area (Å²) >= 11 is 0. The number of aryl methyl sites for hydroxylation is 1. The van der Waals surface area contributed by atoms with Gasteiger partial charge in [-0.3, -0.25) is 9.10 Å². The highest BCUT2D eigenvalue weighted by atomic mass is 32.2. The maximum Gasteiger partial charge on any atom is 0.265 e. The summed E-state index contributed by atoms with van der Waals surface area (Å²) < 4.78 is 28.6. The minimum atomic E-state index is -3.93. The van der Waals surface area contributed by atoms with Crippen LogP contribution in [-0.4, -0.2) is 27.4 Å². The van der Waals surface area contributed by atoms with E-state index in [0.717, 1.165) is 11.1 Å². The molecule has 1 aliphatic rings. The molecule has 0 saturated heterocycles. The van der Waals surface area contributed by atoms with Crippen molar-refractivity contribution < 1.29 is 13.2 Å². The number of anilines is 2. The summed E-state index contributed by atoms with van der Waals surface area (Å²) in [5, 5.41) is 0. The van der Waals surface area contributed by atoms with Gasteiger partial charge in [0.1, 0.15) is 6.04 Å². The molecule has 4 rings (SSSR count). The second-order valence-corrected chi connectivity index (χ2v) is 9.02. The van der Waals surface area contributed by atoms with Gasteiger partial charge in [-0.15, -0.1) is 0 Å². The van der Waals surface area contributed by atoms with E-state index in [4.69, 9.17) is 0 Å².